The summed E-state index contributed by atoms with van der Waals surface area (Å²) in [5.74, 6) is 1.66. The smallest absolute Gasteiger partial charge is 0.220 e. The maximum absolute atomic E-state index is 11.9. The fourth-order valence-electron chi connectivity index (χ4n) is 3.80. The molecule has 0 fully saturated rings. The van der Waals surface area contributed by atoms with Gasteiger partial charge in [-0.3, -0.25) is 4.79 Å². The zero-order valence-corrected chi connectivity index (χ0v) is 20.3. The molecule has 1 N–H and O–H groups in total. The van der Waals surface area contributed by atoms with Gasteiger partial charge in [-0.2, -0.15) is 0 Å². The second-order valence-electron chi connectivity index (χ2n) is 8.58. The van der Waals surface area contributed by atoms with Gasteiger partial charge in [-0.25, -0.2) is 0 Å². The molecule has 4 heteroatoms. The molecule has 0 saturated carbocycles. The SMILES string of the molecule is CCCCCCCCCCCCCCCCCC(=O)NCCOc1cccc(OC)c1. The number of ether oxygens (including phenoxy) is 2. The van der Waals surface area contributed by atoms with Crippen molar-refractivity contribution in [3.8, 4) is 11.5 Å². The Morgan fingerprint density at radius 2 is 1.29 bits per heavy atom. The minimum atomic E-state index is 0.129. The standard InChI is InChI=1S/C27H47NO3/c1-3-4-5-6-7-8-9-10-11-12-13-14-15-16-17-21-27(29)28-22-23-31-26-20-18-19-25(24-26)30-2/h18-20,24H,3-17,21-23H2,1-2H3,(H,28,29). The first kappa shape index (κ1) is 27.3. The summed E-state index contributed by atoms with van der Waals surface area (Å²) in [4.78, 5) is 11.9. The average Bonchev–Trinajstić information content (AvgIpc) is 2.79. The third-order valence-electron chi connectivity index (χ3n) is 5.74. The predicted molar refractivity (Wildman–Crippen MR) is 131 cm³/mol. The Morgan fingerprint density at radius 1 is 0.774 bits per heavy atom. The summed E-state index contributed by atoms with van der Waals surface area (Å²) >= 11 is 0. The lowest BCUT2D eigenvalue weighted by Gasteiger charge is -2.09. The van der Waals surface area contributed by atoms with Crippen LogP contribution in [0.25, 0.3) is 0 Å². The Balaban J connectivity index is 1.81. The van der Waals surface area contributed by atoms with E-state index in [1.807, 2.05) is 24.3 Å². The lowest BCUT2D eigenvalue weighted by atomic mass is 10.0. The Hall–Kier alpha value is -1.71. The van der Waals surface area contributed by atoms with Gasteiger partial charge in [0, 0.05) is 12.5 Å². The molecule has 0 atom stereocenters. The van der Waals surface area contributed by atoms with Crippen molar-refractivity contribution in [3.63, 3.8) is 0 Å². The number of rotatable bonds is 21. The van der Waals surface area contributed by atoms with Crippen LogP contribution in [0.2, 0.25) is 0 Å². The molecule has 1 amide bonds. The fraction of sp³-hybridized carbons (Fsp3) is 0.741. The minimum absolute atomic E-state index is 0.129. The van der Waals surface area contributed by atoms with Crippen LogP contribution < -0.4 is 14.8 Å². The van der Waals surface area contributed by atoms with Gasteiger partial charge in [0.05, 0.1) is 13.7 Å². The lowest BCUT2D eigenvalue weighted by Crippen LogP contribution is -2.27. The minimum Gasteiger partial charge on any atom is -0.497 e. The van der Waals surface area contributed by atoms with Crippen molar-refractivity contribution in [2.45, 2.75) is 110 Å². The summed E-state index contributed by atoms with van der Waals surface area (Å²) in [5.41, 5.74) is 0. The molecule has 0 bridgehead atoms. The topological polar surface area (TPSA) is 47.6 Å². The number of hydrogen-bond acceptors (Lipinski definition) is 3. The van der Waals surface area contributed by atoms with E-state index < -0.39 is 0 Å². The summed E-state index contributed by atoms with van der Waals surface area (Å²) in [7, 11) is 1.64. The zero-order valence-electron chi connectivity index (χ0n) is 20.3. The van der Waals surface area contributed by atoms with Crippen LogP contribution in [0.1, 0.15) is 110 Å². The molecular weight excluding hydrogens is 386 g/mol. The van der Waals surface area contributed by atoms with Crippen LogP contribution in [-0.4, -0.2) is 26.2 Å². The number of nitrogens with one attached hydrogen (secondary N) is 1. The molecule has 4 nitrogen and oxygen atoms in total. The van der Waals surface area contributed by atoms with Crippen molar-refractivity contribution in [3.05, 3.63) is 24.3 Å². The van der Waals surface area contributed by atoms with E-state index in [1.165, 1.54) is 83.5 Å². The van der Waals surface area contributed by atoms with Gasteiger partial charge < -0.3 is 14.8 Å². The van der Waals surface area contributed by atoms with E-state index in [9.17, 15) is 4.79 Å². The summed E-state index contributed by atoms with van der Waals surface area (Å²) in [6.45, 7) is 3.28. The number of hydrogen-bond donors (Lipinski definition) is 1. The number of carbonyl (C=O) groups excluding carboxylic acids is 1. The highest BCUT2D eigenvalue weighted by Gasteiger charge is 2.02. The molecule has 0 spiro atoms. The van der Waals surface area contributed by atoms with Gasteiger partial charge in [0.25, 0.3) is 0 Å². The summed E-state index contributed by atoms with van der Waals surface area (Å²) in [6, 6.07) is 7.51. The monoisotopic (exact) mass is 433 g/mol. The maximum Gasteiger partial charge on any atom is 0.220 e. The molecule has 0 aromatic heterocycles. The van der Waals surface area contributed by atoms with Gasteiger partial charge in [0.15, 0.2) is 0 Å². The molecule has 1 rings (SSSR count). The average molecular weight is 434 g/mol. The molecule has 0 heterocycles. The van der Waals surface area contributed by atoms with Crippen LogP contribution in [0, 0.1) is 0 Å². The van der Waals surface area contributed by atoms with E-state index in [0.29, 0.717) is 19.6 Å². The van der Waals surface area contributed by atoms with Gasteiger partial charge in [-0.15, -0.1) is 0 Å². The highest BCUT2D eigenvalue weighted by Crippen LogP contribution is 2.18. The maximum atomic E-state index is 11.9. The van der Waals surface area contributed by atoms with E-state index in [2.05, 4.69) is 12.2 Å². The predicted octanol–water partition coefficient (Wildman–Crippen LogP) is 7.45. The van der Waals surface area contributed by atoms with Gasteiger partial charge in [-0.05, 0) is 18.6 Å². The molecule has 0 aliphatic heterocycles. The summed E-state index contributed by atoms with van der Waals surface area (Å²) in [5, 5.41) is 2.94. The van der Waals surface area contributed by atoms with Crippen LogP contribution in [0.15, 0.2) is 24.3 Å². The Labute approximate surface area is 191 Å². The molecule has 178 valence electrons. The Bertz CT molecular complexity index is 547. The van der Waals surface area contributed by atoms with E-state index in [0.717, 1.165) is 24.3 Å². The van der Waals surface area contributed by atoms with Crippen LogP contribution in [0.5, 0.6) is 11.5 Å². The number of unbranched alkanes of at least 4 members (excludes halogenated alkanes) is 14. The quantitative estimate of drug-likeness (QED) is 0.205. The van der Waals surface area contributed by atoms with E-state index >= 15 is 0 Å². The molecule has 1 aromatic rings. The van der Waals surface area contributed by atoms with Crippen LogP contribution in [-0.2, 0) is 4.79 Å². The van der Waals surface area contributed by atoms with Crippen molar-refractivity contribution in [2.75, 3.05) is 20.3 Å². The summed E-state index contributed by atoms with van der Waals surface area (Å²) in [6.07, 6.45) is 20.8. The fourth-order valence-corrected chi connectivity index (χ4v) is 3.80. The normalized spacial score (nSPS) is 10.8. The van der Waals surface area contributed by atoms with Crippen LogP contribution in [0.3, 0.4) is 0 Å². The largest absolute Gasteiger partial charge is 0.497 e. The molecule has 0 saturated heterocycles. The van der Waals surface area contributed by atoms with Gasteiger partial charge in [0.1, 0.15) is 18.1 Å². The number of benzene rings is 1. The Morgan fingerprint density at radius 3 is 1.84 bits per heavy atom. The van der Waals surface area contributed by atoms with E-state index in [1.54, 1.807) is 7.11 Å². The van der Waals surface area contributed by atoms with Crippen molar-refractivity contribution in [1.82, 2.24) is 5.32 Å². The first-order valence-corrected chi connectivity index (χ1v) is 12.8. The first-order chi connectivity index (χ1) is 15.3. The lowest BCUT2D eigenvalue weighted by molar-refractivity contribution is -0.121. The highest BCUT2D eigenvalue weighted by molar-refractivity contribution is 5.75. The third-order valence-corrected chi connectivity index (χ3v) is 5.74. The van der Waals surface area contributed by atoms with Crippen molar-refractivity contribution < 1.29 is 14.3 Å². The number of methoxy groups -OCH3 is 1. The molecule has 0 radical (unpaired) electrons. The van der Waals surface area contributed by atoms with Crippen molar-refractivity contribution in [1.29, 1.82) is 0 Å². The number of amides is 1. The van der Waals surface area contributed by atoms with Crippen LogP contribution in [0.4, 0.5) is 0 Å². The molecule has 0 unspecified atom stereocenters. The molecular formula is C27H47NO3. The van der Waals surface area contributed by atoms with Crippen molar-refractivity contribution in [2.24, 2.45) is 0 Å². The van der Waals surface area contributed by atoms with E-state index in [4.69, 9.17) is 9.47 Å². The second kappa shape index (κ2) is 20.2. The Kier molecular flexibility index (Phi) is 17.8. The molecule has 31 heavy (non-hydrogen) atoms. The number of carbonyl (C=O) groups is 1. The third kappa shape index (κ3) is 16.6. The summed E-state index contributed by atoms with van der Waals surface area (Å²) < 4.78 is 10.8. The molecule has 0 aliphatic carbocycles. The second-order valence-corrected chi connectivity index (χ2v) is 8.58. The van der Waals surface area contributed by atoms with Crippen molar-refractivity contribution >= 4 is 5.91 Å². The van der Waals surface area contributed by atoms with Gasteiger partial charge >= 0.3 is 0 Å². The molecule has 0 aliphatic rings. The van der Waals surface area contributed by atoms with Crippen LogP contribution >= 0.6 is 0 Å². The van der Waals surface area contributed by atoms with E-state index in [-0.39, 0.29) is 5.91 Å². The first-order valence-electron chi connectivity index (χ1n) is 12.8. The molecule has 1 aromatic carbocycles. The highest BCUT2D eigenvalue weighted by atomic mass is 16.5. The van der Waals surface area contributed by atoms with Gasteiger partial charge in [0.2, 0.25) is 5.91 Å². The zero-order chi connectivity index (χ0) is 22.4. The van der Waals surface area contributed by atoms with Gasteiger partial charge in [-0.1, -0.05) is 103 Å².